The van der Waals surface area contributed by atoms with Gasteiger partial charge in [0.15, 0.2) is 11.5 Å². The number of hydrogen-bond donors (Lipinski definition) is 1. The number of benzene rings is 3. The highest BCUT2D eigenvalue weighted by Crippen LogP contribution is 2.33. The van der Waals surface area contributed by atoms with E-state index in [0.29, 0.717) is 29.4 Å². The van der Waals surface area contributed by atoms with Gasteiger partial charge in [-0.2, -0.15) is 5.10 Å². The van der Waals surface area contributed by atoms with Crippen LogP contribution < -0.4 is 19.6 Å². The predicted octanol–water partition coefficient (Wildman–Crippen LogP) is 4.79. The van der Waals surface area contributed by atoms with Gasteiger partial charge in [0, 0.05) is 0 Å². The molecule has 0 saturated heterocycles. The van der Waals surface area contributed by atoms with Gasteiger partial charge in [-0.15, -0.1) is 0 Å². The summed E-state index contributed by atoms with van der Waals surface area (Å²) in [5.41, 5.74) is 3.72. The Kier molecular flexibility index (Phi) is 7.29. The molecular weight excluding hydrogens is 495 g/mol. The van der Waals surface area contributed by atoms with Crippen molar-refractivity contribution in [2.45, 2.75) is 0 Å². The van der Waals surface area contributed by atoms with Gasteiger partial charge in [0.2, 0.25) is 0 Å². The third kappa shape index (κ3) is 4.91. The van der Waals surface area contributed by atoms with Crippen LogP contribution in [0.1, 0.15) is 15.9 Å². The van der Waals surface area contributed by atoms with Gasteiger partial charge in [-0.3, -0.25) is 4.79 Å². The van der Waals surface area contributed by atoms with E-state index in [0.717, 1.165) is 19.9 Å². The predicted molar refractivity (Wildman–Crippen MR) is 127 cm³/mol. The van der Waals surface area contributed by atoms with Crippen LogP contribution in [0.4, 0.5) is 0 Å². The van der Waals surface area contributed by atoms with Crippen molar-refractivity contribution in [2.75, 3.05) is 20.8 Å². The summed E-state index contributed by atoms with van der Waals surface area (Å²) in [6, 6.07) is 15.1. The van der Waals surface area contributed by atoms with Crippen LogP contribution in [0, 0.1) is 3.57 Å². The number of hydrogen-bond acceptors (Lipinski definition) is 5. The quantitative estimate of drug-likeness (QED) is 0.202. The van der Waals surface area contributed by atoms with Crippen LogP contribution in [0.2, 0.25) is 0 Å². The minimum Gasteiger partial charge on any atom is -0.496 e. The molecule has 6 nitrogen and oxygen atoms in total. The van der Waals surface area contributed by atoms with E-state index in [9.17, 15) is 4.79 Å². The van der Waals surface area contributed by atoms with Crippen molar-refractivity contribution >= 4 is 45.5 Å². The number of carbonyl (C=O) groups is 1. The number of amides is 1. The molecule has 3 aromatic carbocycles. The zero-order chi connectivity index (χ0) is 21.5. The molecule has 0 heterocycles. The highest BCUT2D eigenvalue weighted by Gasteiger charge is 2.14. The van der Waals surface area contributed by atoms with Gasteiger partial charge < -0.3 is 14.2 Å². The summed E-state index contributed by atoms with van der Waals surface area (Å²) >= 11 is 2.16. The average molecular weight is 516 g/mol. The zero-order valence-corrected chi connectivity index (χ0v) is 18.8. The number of ether oxygens (including phenoxy) is 3. The molecule has 3 rings (SSSR count). The average Bonchev–Trinajstić information content (AvgIpc) is 2.76. The van der Waals surface area contributed by atoms with E-state index in [1.807, 2.05) is 36.4 Å². The molecule has 0 aliphatic carbocycles. The van der Waals surface area contributed by atoms with Crippen LogP contribution in [0.15, 0.2) is 66.3 Å². The maximum atomic E-state index is 12.7. The normalized spacial score (nSPS) is 10.8. The van der Waals surface area contributed by atoms with Crippen molar-refractivity contribution in [1.29, 1.82) is 0 Å². The molecule has 1 N–H and O–H groups in total. The van der Waals surface area contributed by atoms with E-state index in [1.165, 1.54) is 7.11 Å². The Balaban J connectivity index is 1.80. The fourth-order valence-corrected chi connectivity index (χ4v) is 3.67. The lowest BCUT2D eigenvalue weighted by Gasteiger charge is -2.12. The van der Waals surface area contributed by atoms with Crippen LogP contribution >= 0.6 is 22.6 Å². The van der Waals surface area contributed by atoms with E-state index in [-0.39, 0.29) is 5.91 Å². The van der Waals surface area contributed by atoms with Gasteiger partial charge in [-0.05, 0) is 63.2 Å². The van der Waals surface area contributed by atoms with Gasteiger partial charge in [-0.25, -0.2) is 5.43 Å². The third-order valence-electron chi connectivity index (χ3n) is 4.29. The topological polar surface area (TPSA) is 69.2 Å². The molecule has 0 aromatic heterocycles. The van der Waals surface area contributed by atoms with Gasteiger partial charge in [0.25, 0.3) is 5.91 Å². The van der Waals surface area contributed by atoms with Crippen molar-refractivity contribution in [3.05, 3.63) is 75.9 Å². The number of fused-ring (bicyclic) bond motifs is 1. The summed E-state index contributed by atoms with van der Waals surface area (Å²) in [5, 5.41) is 6.03. The number of methoxy groups -OCH3 is 2. The molecule has 1 amide bonds. The van der Waals surface area contributed by atoms with Crippen LogP contribution in [0.5, 0.6) is 17.2 Å². The van der Waals surface area contributed by atoms with Gasteiger partial charge in [0.1, 0.15) is 12.4 Å². The number of nitrogens with zero attached hydrogens (tertiary/aromatic N) is 1. The number of halogens is 1. The fraction of sp³-hybridized carbons (Fsp3) is 0.130. The van der Waals surface area contributed by atoms with Crippen molar-refractivity contribution in [2.24, 2.45) is 5.10 Å². The summed E-state index contributed by atoms with van der Waals surface area (Å²) in [4.78, 5) is 12.7. The number of carbonyl (C=O) groups excluding carboxylic acids is 1. The second kappa shape index (κ2) is 10.1. The highest BCUT2D eigenvalue weighted by atomic mass is 127. The number of hydrazone groups is 1. The first-order valence-corrected chi connectivity index (χ1v) is 10.2. The summed E-state index contributed by atoms with van der Waals surface area (Å²) in [6.45, 7) is 4.03. The maximum absolute atomic E-state index is 12.7. The van der Waals surface area contributed by atoms with Crippen molar-refractivity contribution < 1.29 is 19.0 Å². The number of nitrogens with one attached hydrogen (secondary N) is 1. The standard InChI is InChI=1S/C23H21IN2O4/c1-4-9-30-22-19(24)10-15(11-21(22)29-3)14-25-26-23(27)18-12-16-7-5-6-8-17(16)13-20(18)28-2/h4-8,10-14H,1,9H2,2-3H3,(H,26,27)/b25-14+. The molecule has 0 atom stereocenters. The van der Waals surface area contributed by atoms with Crippen LogP contribution in [-0.4, -0.2) is 32.9 Å². The third-order valence-corrected chi connectivity index (χ3v) is 5.09. The Morgan fingerprint density at radius 1 is 1.10 bits per heavy atom. The Morgan fingerprint density at radius 3 is 2.47 bits per heavy atom. The molecule has 154 valence electrons. The highest BCUT2D eigenvalue weighted by molar-refractivity contribution is 14.1. The molecule has 0 unspecified atom stereocenters. The van der Waals surface area contributed by atoms with E-state index in [1.54, 1.807) is 31.5 Å². The second-order valence-corrected chi connectivity index (χ2v) is 7.39. The molecule has 0 bridgehead atoms. The Morgan fingerprint density at radius 2 is 1.80 bits per heavy atom. The first-order chi connectivity index (χ1) is 14.6. The van der Waals surface area contributed by atoms with Crippen molar-refractivity contribution in [3.63, 3.8) is 0 Å². The second-order valence-electron chi connectivity index (χ2n) is 6.23. The minimum absolute atomic E-state index is 0.360. The van der Waals surface area contributed by atoms with Crippen molar-refractivity contribution in [3.8, 4) is 17.2 Å². The summed E-state index contributed by atoms with van der Waals surface area (Å²) in [5.74, 6) is 1.34. The Labute approximate surface area is 188 Å². The molecule has 0 radical (unpaired) electrons. The SMILES string of the molecule is C=CCOc1c(I)cc(/C=N/NC(=O)c2cc3ccccc3cc2OC)cc1OC. The van der Waals surface area contributed by atoms with Crippen LogP contribution in [0.25, 0.3) is 10.8 Å². The smallest absolute Gasteiger partial charge is 0.275 e. The molecular formula is C23H21IN2O4. The van der Waals surface area contributed by atoms with E-state index in [4.69, 9.17) is 14.2 Å². The van der Waals surface area contributed by atoms with E-state index >= 15 is 0 Å². The lowest BCUT2D eigenvalue weighted by Crippen LogP contribution is -2.18. The fourth-order valence-electron chi connectivity index (χ4n) is 2.89. The van der Waals surface area contributed by atoms with E-state index in [2.05, 4.69) is 39.7 Å². The molecule has 7 heteroatoms. The number of rotatable bonds is 8. The zero-order valence-electron chi connectivity index (χ0n) is 16.6. The van der Waals surface area contributed by atoms with Gasteiger partial charge >= 0.3 is 0 Å². The van der Waals surface area contributed by atoms with Gasteiger partial charge in [0.05, 0.1) is 29.6 Å². The van der Waals surface area contributed by atoms with Crippen LogP contribution in [-0.2, 0) is 0 Å². The Hall–Kier alpha value is -3.07. The largest absolute Gasteiger partial charge is 0.496 e. The van der Waals surface area contributed by atoms with Crippen molar-refractivity contribution in [1.82, 2.24) is 5.43 Å². The molecule has 3 aromatic rings. The Bertz CT molecular complexity index is 1110. The summed E-state index contributed by atoms with van der Waals surface area (Å²) < 4.78 is 17.3. The first-order valence-electron chi connectivity index (χ1n) is 9.08. The lowest BCUT2D eigenvalue weighted by atomic mass is 10.1. The molecule has 0 aliphatic rings. The maximum Gasteiger partial charge on any atom is 0.275 e. The monoisotopic (exact) mass is 516 g/mol. The summed E-state index contributed by atoms with van der Waals surface area (Å²) in [6.07, 6.45) is 3.22. The first kappa shape index (κ1) is 21.6. The van der Waals surface area contributed by atoms with Gasteiger partial charge in [-0.1, -0.05) is 36.9 Å². The van der Waals surface area contributed by atoms with Crippen LogP contribution in [0.3, 0.4) is 0 Å². The molecule has 0 spiro atoms. The molecule has 30 heavy (non-hydrogen) atoms. The molecule has 0 fully saturated rings. The minimum atomic E-state index is -0.360. The van der Waals surface area contributed by atoms with E-state index < -0.39 is 0 Å². The summed E-state index contributed by atoms with van der Waals surface area (Å²) in [7, 11) is 3.11. The molecule has 0 saturated carbocycles. The lowest BCUT2D eigenvalue weighted by molar-refractivity contribution is 0.0952. The molecule has 0 aliphatic heterocycles.